The Morgan fingerprint density at radius 1 is 0.800 bits per heavy atom. The van der Waals surface area contributed by atoms with Crippen LogP contribution in [0.1, 0.15) is 82.3 Å². The Morgan fingerprint density at radius 3 is 2.11 bits per heavy atom. The van der Waals surface area contributed by atoms with Crippen molar-refractivity contribution in [3.63, 3.8) is 0 Å². The molecule has 35 heavy (non-hydrogen) atoms. The number of anilines is 1. The predicted octanol–water partition coefficient (Wildman–Crippen LogP) is 8.85. The average Bonchev–Trinajstić information content (AvgIpc) is 2.83. The van der Waals surface area contributed by atoms with Crippen LogP contribution in [-0.2, 0) is 11.3 Å². The van der Waals surface area contributed by atoms with Crippen molar-refractivity contribution in [3.05, 3.63) is 59.7 Å². The maximum atomic E-state index is 12.1. The molecule has 2 rings (SSSR count). The lowest BCUT2D eigenvalue weighted by Gasteiger charge is -2.11. The van der Waals surface area contributed by atoms with E-state index in [0.717, 1.165) is 54.9 Å². The second kappa shape index (κ2) is 16.5. The number of nitrogens with one attached hydrogen (secondary N) is 1. The SMILES string of the molecule is CCCCCCOc1ccc(NC(=S)c2ccc(COCCCCCCCC(F)(F)F)cc2)cc1. The van der Waals surface area contributed by atoms with Gasteiger partial charge in [-0.25, -0.2) is 0 Å². The fourth-order valence-corrected chi connectivity index (χ4v) is 3.81. The molecule has 0 atom stereocenters. The number of unbranched alkanes of at least 4 members (excludes halogenated alkanes) is 7. The standard InChI is InChI=1S/C28H38F3NO2S/c1-2-3-4-10-21-34-26-17-15-25(16-18-26)32-27(35)24-13-11-23(12-14-24)22-33-20-9-7-5-6-8-19-28(29,30)31/h11-18H,2-10,19-22H2,1H3,(H,32,35). The molecule has 0 radical (unpaired) electrons. The fourth-order valence-electron chi connectivity index (χ4n) is 3.56. The van der Waals surface area contributed by atoms with Gasteiger partial charge in [-0.05, 0) is 49.1 Å². The Balaban J connectivity index is 1.61. The molecule has 2 aromatic rings. The van der Waals surface area contributed by atoms with Gasteiger partial charge in [0, 0.05) is 24.3 Å². The van der Waals surface area contributed by atoms with E-state index in [0.29, 0.717) is 24.6 Å². The number of thiocarbonyl (C=S) groups is 1. The van der Waals surface area contributed by atoms with Gasteiger partial charge in [-0.2, -0.15) is 13.2 Å². The van der Waals surface area contributed by atoms with Crippen LogP contribution in [0.4, 0.5) is 18.9 Å². The second-order valence-electron chi connectivity index (χ2n) is 8.77. The van der Waals surface area contributed by atoms with Gasteiger partial charge in [0.2, 0.25) is 0 Å². The quantitative estimate of drug-likeness (QED) is 0.170. The van der Waals surface area contributed by atoms with E-state index in [1.54, 1.807) is 0 Å². The smallest absolute Gasteiger partial charge is 0.389 e. The van der Waals surface area contributed by atoms with Gasteiger partial charge < -0.3 is 14.8 Å². The molecule has 0 aliphatic heterocycles. The number of halogens is 3. The zero-order valence-corrected chi connectivity index (χ0v) is 21.5. The molecule has 0 unspecified atom stereocenters. The third kappa shape index (κ3) is 13.5. The van der Waals surface area contributed by atoms with E-state index in [4.69, 9.17) is 21.7 Å². The van der Waals surface area contributed by atoms with Gasteiger partial charge in [-0.15, -0.1) is 0 Å². The van der Waals surface area contributed by atoms with E-state index in [-0.39, 0.29) is 6.42 Å². The first kappa shape index (κ1) is 29.1. The Bertz CT molecular complexity index is 839. The predicted molar refractivity (Wildman–Crippen MR) is 141 cm³/mol. The number of ether oxygens (including phenoxy) is 2. The van der Waals surface area contributed by atoms with Crippen LogP contribution < -0.4 is 10.1 Å². The van der Waals surface area contributed by atoms with Crippen LogP contribution in [-0.4, -0.2) is 24.4 Å². The molecule has 1 N–H and O–H groups in total. The lowest BCUT2D eigenvalue weighted by atomic mass is 10.1. The molecule has 0 saturated carbocycles. The molecule has 2 aromatic carbocycles. The van der Waals surface area contributed by atoms with Crippen LogP contribution in [0, 0.1) is 0 Å². The molecule has 3 nitrogen and oxygen atoms in total. The van der Waals surface area contributed by atoms with Gasteiger partial charge >= 0.3 is 6.18 Å². The molecule has 0 amide bonds. The molecule has 194 valence electrons. The summed E-state index contributed by atoms with van der Waals surface area (Å²) in [7, 11) is 0. The molecule has 0 saturated heterocycles. The highest BCUT2D eigenvalue weighted by atomic mass is 32.1. The lowest BCUT2D eigenvalue weighted by Crippen LogP contribution is -2.10. The summed E-state index contributed by atoms with van der Waals surface area (Å²) in [6.07, 6.45) is 3.43. The summed E-state index contributed by atoms with van der Waals surface area (Å²) < 4.78 is 47.8. The summed E-state index contributed by atoms with van der Waals surface area (Å²) >= 11 is 5.54. The minimum Gasteiger partial charge on any atom is -0.494 e. The monoisotopic (exact) mass is 509 g/mol. The van der Waals surface area contributed by atoms with E-state index in [1.807, 2.05) is 48.5 Å². The Hall–Kier alpha value is -2.12. The summed E-state index contributed by atoms with van der Waals surface area (Å²) in [4.78, 5) is 0.649. The van der Waals surface area contributed by atoms with Crippen LogP contribution in [0.25, 0.3) is 0 Å². The third-order valence-corrected chi connectivity index (χ3v) is 5.95. The number of hydrogen-bond acceptors (Lipinski definition) is 3. The molecule has 0 heterocycles. The van der Waals surface area contributed by atoms with Crippen molar-refractivity contribution in [2.45, 2.75) is 83.9 Å². The number of rotatable bonds is 17. The van der Waals surface area contributed by atoms with E-state index in [2.05, 4.69) is 12.2 Å². The van der Waals surface area contributed by atoms with Gasteiger partial charge in [-0.1, -0.05) is 81.9 Å². The molecule has 0 fully saturated rings. The summed E-state index contributed by atoms with van der Waals surface area (Å²) in [6.45, 7) is 4.06. The van der Waals surface area contributed by atoms with Gasteiger partial charge in [0.25, 0.3) is 0 Å². The summed E-state index contributed by atoms with van der Waals surface area (Å²) in [5.74, 6) is 0.865. The minimum atomic E-state index is -4.04. The molecule has 0 aliphatic carbocycles. The zero-order valence-electron chi connectivity index (χ0n) is 20.7. The number of benzene rings is 2. The van der Waals surface area contributed by atoms with Gasteiger partial charge in [0.05, 0.1) is 13.2 Å². The van der Waals surface area contributed by atoms with E-state index < -0.39 is 12.6 Å². The van der Waals surface area contributed by atoms with Crippen LogP contribution in [0.5, 0.6) is 5.75 Å². The first-order valence-corrected chi connectivity index (χ1v) is 13.1. The lowest BCUT2D eigenvalue weighted by molar-refractivity contribution is -0.135. The van der Waals surface area contributed by atoms with Crippen molar-refractivity contribution >= 4 is 22.9 Å². The van der Waals surface area contributed by atoms with E-state index >= 15 is 0 Å². The van der Waals surface area contributed by atoms with Crippen LogP contribution >= 0.6 is 12.2 Å². The van der Waals surface area contributed by atoms with Gasteiger partial charge in [-0.3, -0.25) is 0 Å². The molecule has 0 aliphatic rings. The Morgan fingerprint density at radius 2 is 1.43 bits per heavy atom. The minimum absolute atomic E-state index is 0.215. The highest BCUT2D eigenvalue weighted by molar-refractivity contribution is 7.81. The first-order valence-electron chi connectivity index (χ1n) is 12.6. The van der Waals surface area contributed by atoms with Crippen LogP contribution in [0.15, 0.2) is 48.5 Å². The molecular weight excluding hydrogens is 471 g/mol. The summed E-state index contributed by atoms with van der Waals surface area (Å²) in [6, 6.07) is 15.8. The highest BCUT2D eigenvalue weighted by Gasteiger charge is 2.25. The molecular formula is C28H38F3NO2S. The second-order valence-corrected chi connectivity index (χ2v) is 9.18. The van der Waals surface area contributed by atoms with Crippen LogP contribution in [0.2, 0.25) is 0 Å². The maximum absolute atomic E-state index is 12.1. The summed E-state index contributed by atoms with van der Waals surface area (Å²) in [5.41, 5.74) is 2.90. The molecule has 0 bridgehead atoms. The van der Waals surface area contributed by atoms with Crippen molar-refractivity contribution in [2.75, 3.05) is 18.5 Å². The topological polar surface area (TPSA) is 30.5 Å². The third-order valence-electron chi connectivity index (χ3n) is 5.61. The maximum Gasteiger partial charge on any atom is 0.389 e. The molecule has 0 spiro atoms. The van der Waals surface area contributed by atoms with E-state index in [1.165, 1.54) is 19.3 Å². The Kier molecular flexibility index (Phi) is 13.8. The fraction of sp³-hybridized carbons (Fsp3) is 0.536. The Labute approximate surface area is 213 Å². The largest absolute Gasteiger partial charge is 0.494 e. The van der Waals surface area contributed by atoms with Crippen molar-refractivity contribution in [1.82, 2.24) is 0 Å². The van der Waals surface area contributed by atoms with Crippen molar-refractivity contribution < 1.29 is 22.6 Å². The highest BCUT2D eigenvalue weighted by Crippen LogP contribution is 2.23. The van der Waals surface area contributed by atoms with Crippen LogP contribution in [0.3, 0.4) is 0 Å². The molecule has 7 heteroatoms. The number of hydrogen-bond donors (Lipinski definition) is 1. The van der Waals surface area contributed by atoms with Crippen molar-refractivity contribution in [2.24, 2.45) is 0 Å². The first-order chi connectivity index (χ1) is 16.9. The normalized spacial score (nSPS) is 11.4. The van der Waals surface area contributed by atoms with E-state index in [9.17, 15) is 13.2 Å². The van der Waals surface area contributed by atoms with Crippen molar-refractivity contribution in [3.8, 4) is 5.75 Å². The van der Waals surface area contributed by atoms with Crippen molar-refractivity contribution in [1.29, 1.82) is 0 Å². The molecule has 0 aromatic heterocycles. The number of alkyl halides is 3. The average molecular weight is 510 g/mol. The van der Waals surface area contributed by atoms with Gasteiger partial charge in [0.15, 0.2) is 0 Å². The summed E-state index contributed by atoms with van der Waals surface area (Å²) in [5, 5.41) is 3.26. The zero-order chi connectivity index (χ0) is 25.4. The van der Waals surface area contributed by atoms with Gasteiger partial charge in [0.1, 0.15) is 10.7 Å².